The fraction of sp³-hybridized carbons (Fsp3) is 0.250. The third kappa shape index (κ3) is 2.05. The smallest absolute Gasteiger partial charge is 0.0453 e. The SMILES string of the molecule is NC(CC1Cc2ccccc21)c1ccccc1Cl. The van der Waals surface area contributed by atoms with E-state index >= 15 is 0 Å². The van der Waals surface area contributed by atoms with Crippen LogP contribution in [0.2, 0.25) is 5.02 Å². The van der Waals surface area contributed by atoms with Gasteiger partial charge in [0.1, 0.15) is 0 Å². The number of rotatable bonds is 3. The van der Waals surface area contributed by atoms with Crippen molar-refractivity contribution < 1.29 is 0 Å². The van der Waals surface area contributed by atoms with Crippen molar-refractivity contribution >= 4 is 11.6 Å². The van der Waals surface area contributed by atoms with Gasteiger partial charge in [0.15, 0.2) is 0 Å². The Balaban J connectivity index is 1.74. The van der Waals surface area contributed by atoms with Crippen molar-refractivity contribution in [2.45, 2.75) is 24.8 Å². The Bertz CT molecular complexity index is 565. The molecule has 0 amide bonds. The van der Waals surface area contributed by atoms with Gasteiger partial charge in [0.05, 0.1) is 0 Å². The Morgan fingerprint density at radius 3 is 2.61 bits per heavy atom. The van der Waals surface area contributed by atoms with E-state index in [4.69, 9.17) is 17.3 Å². The van der Waals surface area contributed by atoms with E-state index in [-0.39, 0.29) is 6.04 Å². The predicted molar refractivity (Wildman–Crippen MR) is 75.9 cm³/mol. The highest BCUT2D eigenvalue weighted by atomic mass is 35.5. The van der Waals surface area contributed by atoms with Crippen LogP contribution in [0.3, 0.4) is 0 Å². The van der Waals surface area contributed by atoms with Crippen molar-refractivity contribution in [3.8, 4) is 0 Å². The molecule has 2 aromatic rings. The minimum atomic E-state index is 0.0251. The first kappa shape index (κ1) is 11.8. The van der Waals surface area contributed by atoms with Crippen LogP contribution in [0, 0.1) is 0 Å². The van der Waals surface area contributed by atoms with Crippen molar-refractivity contribution in [2.24, 2.45) is 5.73 Å². The van der Waals surface area contributed by atoms with Crippen LogP contribution in [0.1, 0.15) is 35.1 Å². The van der Waals surface area contributed by atoms with Gasteiger partial charge in [-0.2, -0.15) is 0 Å². The molecular weight excluding hydrogens is 242 g/mol. The third-order valence-electron chi connectivity index (χ3n) is 3.80. The summed E-state index contributed by atoms with van der Waals surface area (Å²) >= 11 is 6.18. The second-order valence-electron chi connectivity index (χ2n) is 4.96. The third-order valence-corrected chi connectivity index (χ3v) is 4.15. The van der Waals surface area contributed by atoms with Crippen LogP contribution in [0.15, 0.2) is 48.5 Å². The number of benzene rings is 2. The zero-order valence-electron chi connectivity index (χ0n) is 10.1. The molecule has 2 N–H and O–H groups in total. The van der Waals surface area contributed by atoms with E-state index in [1.807, 2.05) is 24.3 Å². The summed E-state index contributed by atoms with van der Waals surface area (Å²) in [6.45, 7) is 0. The van der Waals surface area contributed by atoms with E-state index < -0.39 is 0 Å². The van der Waals surface area contributed by atoms with Gasteiger partial charge in [-0.05, 0) is 41.5 Å². The summed E-state index contributed by atoms with van der Waals surface area (Å²) in [6, 6.07) is 16.5. The Kier molecular flexibility index (Phi) is 3.11. The van der Waals surface area contributed by atoms with Crippen LogP contribution in [-0.2, 0) is 6.42 Å². The lowest BCUT2D eigenvalue weighted by atomic mass is 9.74. The van der Waals surface area contributed by atoms with Crippen LogP contribution in [0.5, 0.6) is 0 Å². The van der Waals surface area contributed by atoms with Gasteiger partial charge < -0.3 is 5.73 Å². The van der Waals surface area contributed by atoms with Crippen LogP contribution in [-0.4, -0.2) is 0 Å². The molecule has 2 atom stereocenters. The topological polar surface area (TPSA) is 26.0 Å². The molecule has 18 heavy (non-hydrogen) atoms. The highest BCUT2D eigenvalue weighted by molar-refractivity contribution is 6.31. The maximum Gasteiger partial charge on any atom is 0.0453 e. The number of hydrogen-bond acceptors (Lipinski definition) is 1. The van der Waals surface area contributed by atoms with Gasteiger partial charge in [-0.25, -0.2) is 0 Å². The first-order valence-corrected chi connectivity index (χ1v) is 6.71. The van der Waals surface area contributed by atoms with Crippen molar-refractivity contribution in [3.63, 3.8) is 0 Å². The minimum absolute atomic E-state index is 0.0251. The van der Waals surface area contributed by atoms with E-state index in [1.54, 1.807) is 0 Å². The highest BCUT2D eigenvalue weighted by Gasteiger charge is 2.27. The Hall–Kier alpha value is -1.31. The van der Waals surface area contributed by atoms with E-state index in [9.17, 15) is 0 Å². The number of halogens is 1. The second kappa shape index (κ2) is 4.75. The number of fused-ring (bicyclic) bond motifs is 1. The van der Waals surface area contributed by atoms with Crippen LogP contribution >= 0.6 is 11.6 Å². The molecule has 0 saturated carbocycles. The fourth-order valence-electron chi connectivity index (χ4n) is 2.78. The monoisotopic (exact) mass is 257 g/mol. The quantitative estimate of drug-likeness (QED) is 0.881. The molecule has 2 aromatic carbocycles. The zero-order chi connectivity index (χ0) is 12.5. The van der Waals surface area contributed by atoms with Gasteiger partial charge in [0, 0.05) is 11.1 Å². The molecule has 0 fully saturated rings. The number of nitrogens with two attached hydrogens (primary N) is 1. The molecule has 0 aliphatic heterocycles. The van der Waals surface area contributed by atoms with Gasteiger partial charge >= 0.3 is 0 Å². The van der Waals surface area contributed by atoms with E-state index in [1.165, 1.54) is 11.1 Å². The summed E-state index contributed by atoms with van der Waals surface area (Å²) in [5.74, 6) is 0.590. The lowest BCUT2D eigenvalue weighted by Gasteiger charge is -2.32. The molecule has 0 bridgehead atoms. The normalized spacial score (nSPS) is 18.9. The Labute approximate surface area is 113 Å². The van der Waals surface area contributed by atoms with Gasteiger partial charge in [-0.15, -0.1) is 0 Å². The van der Waals surface area contributed by atoms with Crippen molar-refractivity contribution in [1.29, 1.82) is 0 Å². The molecule has 1 aliphatic carbocycles. The van der Waals surface area contributed by atoms with E-state index in [0.717, 1.165) is 23.4 Å². The maximum absolute atomic E-state index is 6.28. The largest absolute Gasteiger partial charge is 0.324 e. The van der Waals surface area contributed by atoms with Crippen molar-refractivity contribution in [2.75, 3.05) is 0 Å². The summed E-state index contributed by atoms with van der Waals surface area (Å²) in [7, 11) is 0. The average Bonchev–Trinajstić information content (AvgIpc) is 2.36. The summed E-state index contributed by atoms with van der Waals surface area (Å²) in [4.78, 5) is 0. The summed E-state index contributed by atoms with van der Waals surface area (Å²) in [6.07, 6.45) is 2.12. The highest BCUT2D eigenvalue weighted by Crippen LogP contribution is 2.40. The van der Waals surface area contributed by atoms with Gasteiger partial charge in [0.2, 0.25) is 0 Å². The van der Waals surface area contributed by atoms with Crippen LogP contribution in [0.25, 0.3) is 0 Å². The minimum Gasteiger partial charge on any atom is -0.324 e. The van der Waals surface area contributed by atoms with Gasteiger partial charge in [-0.1, -0.05) is 54.1 Å². The first-order chi connectivity index (χ1) is 8.75. The van der Waals surface area contributed by atoms with Crippen molar-refractivity contribution in [1.82, 2.24) is 0 Å². The molecule has 1 nitrogen and oxygen atoms in total. The maximum atomic E-state index is 6.28. The molecule has 0 aromatic heterocycles. The summed E-state index contributed by atoms with van der Waals surface area (Å²) in [5.41, 5.74) is 10.3. The molecule has 1 aliphatic rings. The molecule has 0 spiro atoms. The molecule has 2 unspecified atom stereocenters. The Morgan fingerprint density at radius 2 is 1.83 bits per heavy atom. The van der Waals surface area contributed by atoms with Gasteiger partial charge in [-0.3, -0.25) is 0 Å². The van der Waals surface area contributed by atoms with Crippen LogP contribution < -0.4 is 5.73 Å². The summed E-state index contributed by atoms with van der Waals surface area (Å²) < 4.78 is 0. The fourth-order valence-corrected chi connectivity index (χ4v) is 3.06. The first-order valence-electron chi connectivity index (χ1n) is 6.33. The lowest BCUT2D eigenvalue weighted by molar-refractivity contribution is 0.498. The second-order valence-corrected chi connectivity index (χ2v) is 5.37. The van der Waals surface area contributed by atoms with Crippen molar-refractivity contribution in [3.05, 3.63) is 70.2 Å². The summed E-state index contributed by atoms with van der Waals surface area (Å²) in [5, 5.41) is 0.776. The average molecular weight is 258 g/mol. The lowest BCUT2D eigenvalue weighted by Crippen LogP contribution is -2.22. The molecule has 3 rings (SSSR count). The van der Waals surface area contributed by atoms with E-state index in [2.05, 4.69) is 24.3 Å². The van der Waals surface area contributed by atoms with Gasteiger partial charge in [0.25, 0.3) is 0 Å². The zero-order valence-corrected chi connectivity index (χ0v) is 10.9. The molecular formula is C16H16ClN. The molecule has 0 saturated heterocycles. The Morgan fingerprint density at radius 1 is 1.11 bits per heavy atom. The van der Waals surface area contributed by atoms with Crippen LogP contribution in [0.4, 0.5) is 0 Å². The molecule has 92 valence electrons. The molecule has 0 heterocycles. The standard InChI is InChI=1S/C16H16ClN/c17-15-8-4-3-7-14(15)16(18)10-12-9-11-5-1-2-6-13(11)12/h1-8,12,16H,9-10,18H2. The van der Waals surface area contributed by atoms with E-state index in [0.29, 0.717) is 5.92 Å². The molecule has 0 radical (unpaired) electrons. The molecule has 2 heteroatoms. The predicted octanol–water partition coefficient (Wildman–Crippen LogP) is 4.07. The number of hydrogen-bond donors (Lipinski definition) is 1.